The van der Waals surface area contributed by atoms with Crippen molar-refractivity contribution in [1.29, 1.82) is 0 Å². The minimum atomic E-state index is -3.56. The summed E-state index contributed by atoms with van der Waals surface area (Å²) in [6.45, 7) is 5.45. The van der Waals surface area contributed by atoms with Gasteiger partial charge >= 0.3 is 0 Å². The zero-order chi connectivity index (χ0) is 17.0. The predicted octanol–water partition coefficient (Wildman–Crippen LogP) is 1.15. The van der Waals surface area contributed by atoms with Crippen molar-refractivity contribution in [3.05, 3.63) is 29.8 Å². The summed E-state index contributed by atoms with van der Waals surface area (Å²) in [6, 6.07) is 7.00. The number of benzene rings is 1. The van der Waals surface area contributed by atoms with Crippen LogP contribution < -0.4 is 5.32 Å². The number of hydrogen-bond acceptors (Lipinski definition) is 5. The number of rotatable bonds is 5. The van der Waals surface area contributed by atoms with Crippen molar-refractivity contribution >= 4 is 10.0 Å². The van der Waals surface area contributed by atoms with Crippen LogP contribution in [0.5, 0.6) is 0 Å². The molecule has 2 atom stereocenters. The second-order valence-electron chi connectivity index (χ2n) is 6.46. The Kier molecular flexibility index (Phi) is 5.89. The van der Waals surface area contributed by atoms with Gasteiger partial charge in [0.2, 0.25) is 10.0 Å². The van der Waals surface area contributed by atoms with Gasteiger partial charge in [0.1, 0.15) is 0 Å². The van der Waals surface area contributed by atoms with Gasteiger partial charge in [-0.1, -0.05) is 17.7 Å². The topological polar surface area (TPSA) is 67.9 Å². The lowest BCUT2D eigenvalue weighted by Gasteiger charge is -2.36. The first-order valence-electron chi connectivity index (χ1n) is 8.56. The second kappa shape index (κ2) is 7.93. The average molecular weight is 354 g/mol. The van der Waals surface area contributed by atoms with E-state index in [-0.39, 0.29) is 12.1 Å². The first-order valence-corrected chi connectivity index (χ1v) is 10.00. The molecule has 2 aliphatic rings. The monoisotopic (exact) mass is 354 g/mol. The molecule has 2 unspecified atom stereocenters. The SMILES string of the molecule is Cc1ccc(S(=O)(=O)N(CC2COCCO2)C2CCCNC2)cc1. The Hall–Kier alpha value is -0.990. The highest BCUT2D eigenvalue weighted by Gasteiger charge is 2.35. The van der Waals surface area contributed by atoms with Crippen molar-refractivity contribution in [2.45, 2.75) is 36.8 Å². The van der Waals surface area contributed by atoms with E-state index in [2.05, 4.69) is 5.32 Å². The molecule has 7 heteroatoms. The number of sulfonamides is 1. The Labute approximate surface area is 144 Å². The van der Waals surface area contributed by atoms with Gasteiger partial charge in [-0.2, -0.15) is 4.31 Å². The van der Waals surface area contributed by atoms with Crippen LogP contribution in [-0.2, 0) is 19.5 Å². The fourth-order valence-corrected chi connectivity index (χ4v) is 4.90. The van der Waals surface area contributed by atoms with Crippen molar-refractivity contribution in [2.75, 3.05) is 39.5 Å². The Morgan fingerprint density at radius 1 is 1.25 bits per heavy atom. The zero-order valence-corrected chi connectivity index (χ0v) is 14.9. The molecule has 6 nitrogen and oxygen atoms in total. The number of nitrogens with zero attached hydrogens (tertiary/aromatic N) is 1. The summed E-state index contributed by atoms with van der Waals surface area (Å²) in [6.07, 6.45) is 1.64. The number of nitrogens with one attached hydrogen (secondary N) is 1. The summed E-state index contributed by atoms with van der Waals surface area (Å²) in [5.41, 5.74) is 1.05. The average Bonchev–Trinajstić information content (AvgIpc) is 2.61. The normalized spacial score (nSPS) is 25.8. The summed E-state index contributed by atoms with van der Waals surface area (Å²) in [7, 11) is -3.56. The quantitative estimate of drug-likeness (QED) is 0.859. The summed E-state index contributed by atoms with van der Waals surface area (Å²) in [5.74, 6) is 0. The molecule has 2 heterocycles. The van der Waals surface area contributed by atoms with Gasteiger partial charge in [0.15, 0.2) is 0 Å². The molecule has 0 aliphatic carbocycles. The van der Waals surface area contributed by atoms with Gasteiger partial charge < -0.3 is 14.8 Å². The molecule has 0 spiro atoms. The van der Waals surface area contributed by atoms with E-state index in [1.807, 2.05) is 19.1 Å². The minimum Gasteiger partial charge on any atom is -0.376 e. The molecular weight excluding hydrogens is 328 g/mol. The van der Waals surface area contributed by atoms with Crippen molar-refractivity contribution in [2.24, 2.45) is 0 Å². The van der Waals surface area contributed by atoms with Crippen molar-refractivity contribution < 1.29 is 17.9 Å². The van der Waals surface area contributed by atoms with Crippen LogP contribution >= 0.6 is 0 Å². The maximum absolute atomic E-state index is 13.2. The van der Waals surface area contributed by atoms with Gasteiger partial charge in [0, 0.05) is 19.1 Å². The zero-order valence-electron chi connectivity index (χ0n) is 14.1. The fourth-order valence-electron chi connectivity index (χ4n) is 3.21. The van der Waals surface area contributed by atoms with E-state index in [0.29, 0.717) is 37.8 Å². The van der Waals surface area contributed by atoms with E-state index in [0.717, 1.165) is 24.9 Å². The van der Waals surface area contributed by atoms with E-state index < -0.39 is 10.0 Å². The molecule has 1 aromatic carbocycles. The molecule has 2 fully saturated rings. The van der Waals surface area contributed by atoms with E-state index >= 15 is 0 Å². The molecule has 1 aromatic rings. The third kappa shape index (κ3) is 4.15. The second-order valence-corrected chi connectivity index (χ2v) is 8.35. The Balaban J connectivity index is 1.85. The van der Waals surface area contributed by atoms with E-state index in [9.17, 15) is 8.42 Å². The largest absolute Gasteiger partial charge is 0.376 e. The lowest BCUT2D eigenvalue weighted by molar-refractivity contribution is -0.0940. The molecule has 0 radical (unpaired) electrons. The number of ether oxygens (including phenoxy) is 2. The first-order chi connectivity index (χ1) is 11.6. The molecule has 2 aliphatic heterocycles. The third-order valence-corrected chi connectivity index (χ3v) is 6.51. The molecule has 0 amide bonds. The molecule has 0 bridgehead atoms. The first kappa shape index (κ1) is 17.8. The highest BCUT2D eigenvalue weighted by Crippen LogP contribution is 2.23. The smallest absolute Gasteiger partial charge is 0.243 e. The molecule has 0 aromatic heterocycles. The van der Waals surface area contributed by atoms with Crippen LogP contribution in [0.1, 0.15) is 18.4 Å². The van der Waals surface area contributed by atoms with Crippen LogP contribution in [0.4, 0.5) is 0 Å². The molecule has 1 N–H and O–H groups in total. The summed E-state index contributed by atoms with van der Waals surface area (Å²) in [4.78, 5) is 0.343. The summed E-state index contributed by atoms with van der Waals surface area (Å²) < 4.78 is 39.2. The van der Waals surface area contributed by atoms with Gasteiger partial charge in [-0.3, -0.25) is 0 Å². The molecule has 2 saturated heterocycles. The molecule has 0 saturated carbocycles. The fraction of sp³-hybridized carbons (Fsp3) is 0.647. The third-order valence-electron chi connectivity index (χ3n) is 4.57. The van der Waals surface area contributed by atoms with Gasteiger partial charge in [-0.15, -0.1) is 0 Å². The maximum atomic E-state index is 13.2. The van der Waals surface area contributed by atoms with Crippen LogP contribution in [0.25, 0.3) is 0 Å². The van der Waals surface area contributed by atoms with Gasteiger partial charge in [0.05, 0.1) is 30.8 Å². The molecule has 134 valence electrons. The molecule has 24 heavy (non-hydrogen) atoms. The van der Waals surface area contributed by atoms with Crippen LogP contribution in [0.2, 0.25) is 0 Å². The Bertz CT molecular complexity index is 620. The number of hydrogen-bond donors (Lipinski definition) is 1. The van der Waals surface area contributed by atoms with E-state index in [4.69, 9.17) is 9.47 Å². The molecular formula is C17H26N2O4S. The maximum Gasteiger partial charge on any atom is 0.243 e. The van der Waals surface area contributed by atoms with E-state index in [1.165, 1.54) is 0 Å². The highest BCUT2D eigenvalue weighted by molar-refractivity contribution is 7.89. The van der Waals surface area contributed by atoms with Gasteiger partial charge in [-0.05, 0) is 38.4 Å². The van der Waals surface area contributed by atoms with Crippen molar-refractivity contribution in [3.8, 4) is 0 Å². The van der Waals surface area contributed by atoms with Gasteiger partial charge in [-0.25, -0.2) is 8.42 Å². The number of piperidine rings is 1. The van der Waals surface area contributed by atoms with Crippen LogP contribution in [0.15, 0.2) is 29.2 Å². The van der Waals surface area contributed by atoms with Crippen LogP contribution in [0, 0.1) is 6.92 Å². The minimum absolute atomic E-state index is 0.0458. The predicted molar refractivity (Wildman–Crippen MR) is 91.5 cm³/mol. The lowest BCUT2D eigenvalue weighted by atomic mass is 10.1. The lowest BCUT2D eigenvalue weighted by Crippen LogP contribution is -2.52. The summed E-state index contributed by atoms with van der Waals surface area (Å²) in [5, 5.41) is 3.31. The van der Waals surface area contributed by atoms with Gasteiger partial charge in [0.25, 0.3) is 0 Å². The van der Waals surface area contributed by atoms with Crippen molar-refractivity contribution in [3.63, 3.8) is 0 Å². The Morgan fingerprint density at radius 2 is 2.04 bits per heavy atom. The standard InChI is InChI=1S/C17H26N2O4S/c1-14-4-6-17(7-5-14)24(20,21)19(15-3-2-8-18-11-15)12-16-13-22-9-10-23-16/h4-7,15-16,18H,2-3,8-13H2,1H3. The van der Waals surface area contributed by atoms with Crippen molar-refractivity contribution in [1.82, 2.24) is 9.62 Å². The summed E-state index contributed by atoms with van der Waals surface area (Å²) >= 11 is 0. The Morgan fingerprint density at radius 3 is 2.67 bits per heavy atom. The highest BCUT2D eigenvalue weighted by atomic mass is 32.2. The molecule has 3 rings (SSSR count). The number of aryl methyl sites for hydroxylation is 1. The van der Waals surface area contributed by atoms with Crippen LogP contribution in [0.3, 0.4) is 0 Å². The van der Waals surface area contributed by atoms with E-state index in [1.54, 1.807) is 16.4 Å². The van der Waals surface area contributed by atoms with Crippen LogP contribution in [-0.4, -0.2) is 64.3 Å².